The van der Waals surface area contributed by atoms with E-state index in [1.54, 1.807) is 12.0 Å². The first-order valence-corrected chi connectivity index (χ1v) is 10.2. The molecule has 0 aliphatic carbocycles. The summed E-state index contributed by atoms with van der Waals surface area (Å²) in [6.07, 6.45) is 0.825. The molecule has 1 atom stereocenters. The molecule has 0 radical (unpaired) electrons. The van der Waals surface area contributed by atoms with Gasteiger partial charge in [-0.2, -0.15) is 0 Å². The number of amides is 2. The number of carbonyl (C=O) groups excluding carboxylic acids is 2. The molecule has 0 aromatic heterocycles. The summed E-state index contributed by atoms with van der Waals surface area (Å²) in [5.41, 5.74) is 1.99. The summed E-state index contributed by atoms with van der Waals surface area (Å²) < 4.78 is 5.22. The zero-order valence-electron chi connectivity index (χ0n) is 17.9. The summed E-state index contributed by atoms with van der Waals surface area (Å²) in [6.45, 7) is 6.90. The van der Waals surface area contributed by atoms with Gasteiger partial charge >= 0.3 is 0 Å². The first kappa shape index (κ1) is 22.5. The van der Waals surface area contributed by atoms with E-state index in [-0.39, 0.29) is 11.8 Å². The maximum Gasteiger partial charge on any atom is 0.243 e. The number of methoxy groups -OCH3 is 1. The molecule has 2 aromatic rings. The zero-order chi connectivity index (χ0) is 21.2. The van der Waals surface area contributed by atoms with E-state index >= 15 is 0 Å². The second-order valence-corrected chi connectivity index (χ2v) is 7.57. The average Bonchev–Trinajstić information content (AvgIpc) is 2.75. The van der Waals surface area contributed by atoms with E-state index in [4.69, 9.17) is 4.74 Å². The highest BCUT2D eigenvalue weighted by molar-refractivity contribution is 5.87. The van der Waals surface area contributed by atoms with Crippen LogP contribution in [0.3, 0.4) is 0 Å². The third-order valence-corrected chi connectivity index (χ3v) is 4.77. The molecular weight excluding hydrogens is 364 g/mol. The lowest BCUT2D eigenvalue weighted by Crippen LogP contribution is -2.50. The molecule has 2 amide bonds. The van der Waals surface area contributed by atoms with Gasteiger partial charge in [0.15, 0.2) is 0 Å². The number of carbonyl (C=O) groups is 2. The molecule has 0 unspecified atom stereocenters. The van der Waals surface area contributed by atoms with Crippen LogP contribution in [0.15, 0.2) is 54.6 Å². The molecule has 1 N–H and O–H groups in total. The van der Waals surface area contributed by atoms with Crippen LogP contribution in [0.2, 0.25) is 0 Å². The van der Waals surface area contributed by atoms with Crippen LogP contribution in [-0.4, -0.2) is 36.4 Å². The molecule has 0 bridgehead atoms. The molecule has 0 aliphatic rings. The van der Waals surface area contributed by atoms with Gasteiger partial charge in [-0.1, -0.05) is 63.2 Å². The lowest BCUT2D eigenvalue weighted by Gasteiger charge is -2.31. The molecule has 2 rings (SSSR count). The maximum atomic E-state index is 13.1. The normalized spacial score (nSPS) is 11.8. The minimum atomic E-state index is -0.564. The average molecular weight is 397 g/mol. The lowest BCUT2D eigenvalue weighted by molar-refractivity contribution is -0.141. The number of nitrogens with one attached hydrogen (secondary N) is 1. The van der Waals surface area contributed by atoms with Crippen molar-refractivity contribution in [2.75, 3.05) is 13.7 Å². The fraction of sp³-hybridized carbons (Fsp3) is 0.417. The van der Waals surface area contributed by atoms with Crippen molar-refractivity contribution in [2.24, 2.45) is 5.92 Å². The Morgan fingerprint density at radius 2 is 1.66 bits per heavy atom. The van der Waals surface area contributed by atoms with E-state index in [9.17, 15) is 9.59 Å². The lowest BCUT2D eigenvalue weighted by atomic mass is 10.0. The van der Waals surface area contributed by atoms with Gasteiger partial charge in [0.25, 0.3) is 0 Å². The highest BCUT2D eigenvalue weighted by Gasteiger charge is 2.29. The number of hydrogen-bond donors (Lipinski definition) is 1. The third-order valence-electron chi connectivity index (χ3n) is 4.77. The second-order valence-electron chi connectivity index (χ2n) is 7.57. The Morgan fingerprint density at radius 1 is 1.00 bits per heavy atom. The summed E-state index contributed by atoms with van der Waals surface area (Å²) >= 11 is 0. The van der Waals surface area contributed by atoms with Crippen molar-refractivity contribution in [1.82, 2.24) is 10.2 Å². The van der Waals surface area contributed by atoms with Gasteiger partial charge in [-0.05, 0) is 29.2 Å². The molecule has 29 heavy (non-hydrogen) atoms. The second kappa shape index (κ2) is 11.2. The third kappa shape index (κ3) is 6.93. The van der Waals surface area contributed by atoms with Gasteiger partial charge in [-0.3, -0.25) is 9.59 Å². The first-order chi connectivity index (χ1) is 13.9. The Kier molecular flexibility index (Phi) is 8.71. The molecule has 5 heteroatoms. The van der Waals surface area contributed by atoms with E-state index in [1.165, 1.54) is 0 Å². The number of ether oxygens (including phenoxy) is 1. The Hall–Kier alpha value is -2.82. The van der Waals surface area contributed by atoms with Crippen LogP contribution in [0.25, 0.3) is 0 Å². The quantitative estimate of drug-likeness (QED) is 0.664. The number of hydrogen-bond acceptors (Lipinski definition) is 3. The highest BCUT2D eigenvalue weighted by Crippen LogP contribution is 2.18. The van der Waals surface area contributed by atoms with Gasteiger partial charge in [0.2, 0.25) is 11.8 Å². The Labute approximate surface area is 174 Å². The predicted octanol–water partition coefficient (Wildman–Crippen LogP) is 3.82. The van der Waals surface area contributed by atoms with Crippen molar-refractivity contribution < 1.29 is 14.3 Å². The van der Waals surface area contributed by atoms with Crippen molar-refractivity contribution >= 4 is 11.8 Å². The van der Waals surface area contributed by atoms with Crippen LogP contribution < -0.4 is 10.1 Å². The van der Waals surface area contributed by atoms with Crippen molar-refractivity contribution in [3.63, 3.8) is 0 Å². The molecule has 0 saturated carbocycles. The smallest absolute Gasteiger partial charge is 0.243 e. The molecule has 5 nitrogen and oxygen atoms in total. The fourth-order valence-electron chi connectivity index (χ4n) is 3.11. The van der Waals surface area contributed by atoms with Crippen molar-refractivity contribution in [3.05, 3.63) is 65.7 Å². The maximum absolute atomic E-state index is 13.1. The Morgan fingerprint density at radius 3 is 2.21 bits per heavy atom. The van der Waals surface area contributed by atoms with Crippen LogP contribution in [0, 0.1) is 5.92 Å². The summed E-state index contributed by atoms with van der Waals surface area (Å²) in [7, 11) is 1.62. The summed E-state index contributed by atoms with van der Waals surface area (Å²) in [5.74, 6) is 0.949. The number of benzene rings is 2. The molecule has 0 fully saturated rings. The SMILES string of the molecule is CCC(=O)N(Cc1ccc(OC)cc1)[C@H](Cc1ccccc1)C(=O)NCC(C)C. The highest BCUT2D eigenvalue weighted by atomic mass is 16.5. The van der Waals surface area contributed by atoms with Crippen LogP contribution in [0.4, 0.5) is 0 Å². The molecule has 2 aromatic carbocycles. The summed E-state index contributed by atoms with van der Waals surface area (Å²) in [5, 5.41) is 3.01. The van der Waals surface area contributed by atoms with Gasteiger partial charge < -0.3 is 15.0 Å². The van der Waals surface area contributed by atoms with Crippen molar-refractivity contribution in [3.8, 4) is 5.75 Å². The van der Waals surface area contributed by atoms with Crippen LogP contribution in [-0.2, 0) is 22.6 Å². The topological polar surface area (TPSA) is 58.6 Å². The molecule has 0 saturated heterocycles. The predicted molar refractivity (Wildman–Crippen MR) is 116 cm³/mol. The fourth-order valence-corrected chi connectivity index (χ4v) is 3.11. The largest absolute Gasteiger partial charge is 0.497 e. The van der Waals surface area contributed by atoms with Gasteiger partial charge in [-0.25, -0.2) is 0 Å². The zero-order valence-corrected chi connectivity index (χ0v) is 17.9. The van der Waals surface area contributed by atoms with E-state index in [1.807, 2.05) is 61.5 Å². The minimum absolute atomic E-state index is 0.0403. The molecule has 0 spiro atoms. The summed E-state index contributed by atoms with van der Waals surface area (Å²) in [6, 6.07) is 16.9. The van der Waals surface area contributed by atoms with Gasteiger partial charge in [-0.15, -0.1) is 0 Å². The Bertz CT molecular complexity index is 772. The van der Waals surface area contributed by atoms with E-state index < -0.39 is 6.04 Å². The van der Waals surface area contributed by atoms with Gasteiger partial charge in [0.1, 0.15) is 11.8 Å². The minimum Gasteiger partial charge on any atom is -0.497 e. The molecule has 0 aliphatic heterocycles. The van der Waals surface area contributed by atoms with Crippen molar-refractivity contribution in [2.45, 2.75) is 46.2 Å². The first-order valence-electron chi connectivity index (χ1n) is 10.2. The monoisotopic (exact) mass is 396 g/mol. The van der Waals surface area contributed by atoms with Crippen molar-refractivity contribution in [1.29, 1.82) is 0 Å². The van der Waals surface area contributed by atoms with Crippen LogP contribution in [0.1, 0.15) is 38.3 Å². The molecular formula is C24H32N2O3. The standard InChI is InChI=1S/C24H32N2O3/c1-5-23(27)26(17-20-11-13-21(29-4)14-12-20)22(24(28)25-16-18(2)3)15-19-9-7-6-8-10-19/h6-14,18,22H,5,15-17H2,1-4H3,(H,25,28)/t22-/m1/s1. The van der Waals surface area contributed by atoms with Gasteiger partial charge in [0, 0.05) is 25.9 Å². The van der Waals surface area contributed by atoms with E-state index in [0.29, 0.717) is 31.8 Å². The van der Waals surface area contributed by atoms with Gasteiger partial charge in [0.05, 0.1) is 7.11 Å². The van der Waals surface area contributed by atoms with E-state index in [2.05, 4.69) is 19.2 Å². The Balaban J connectivity index is 2.30. The number of rotatable bonds is 10. The number of nitrogens with zero attached hydrogens (tertiary/aromatic N) is 1. The molecule has 156 valence electrons. The van der Waals surface area contributed by atoms with Crippen LogP contribution in [0.5, 0.6) is 5.75 Å². The molecule has 0 heterocycles. The van der Waals surface area contributed by atoms with Crippen LogP contribution >= 0.6 is 0 Å². The summed E-state index contributed by atoms with van der Waals surface area (Å²) in [4.78, 5) is 27.6. The van der Waals surface area contributed by atoms with E-state index in [0.717, 1.165) is 16.9 Å².